The normalized spacial score (nSPS) is 31.9. The first-order chi connectivity index (χ1) is 8.29. The van der Waals surface area contributed by atoms with E-state index in [0.29, 0.717) is 6.10 Å². The van der Waals surface area contributed by atoms with Gasteiger partial charge in [-0.1, -0.05) is 6.92 Å². The molecule has 2 rings (SSSR count). The van der Waals surface area contributed by atoms with Crippen LogP contribution in [0.4, 0.5) is 0 Å². The van der Waals surface area contributed by atoms with Gasteiger partial charge in [-0.15, -0.1) is 0 Å². The lowest BCUT2D eigenvalue weighted by Gasteiger charge is -2.38. The second kappa shape index (κ2) is 6.72. The molecule has 2 fully saturated rings. The molecule has 100 valence electrons. The van der Waals surface area contributed by atoms with Crippen LogP contribution in [0.25, 0.3) is 0 Å². The summed E-state index contributed by atoms with van der Waals surface area (Å²) < 4.78 is 5.66. The average Bonchev–Trinajstić information content (AvgIpc) is 2.37. The fraction of sp³-hybridized carbons (Fsp3) is 1.00. The van der Waals surface area contributed by atoms with Crippen molar-refractivity contribution in [3.05, 3.63) is 0 Å². The molecule has 0 radical (unpaired) electrons. The molecular weight excluding hydrogens is 212 g/mol. The summed E-state index contributed by atoms with van der Waals surface area (Å²) in [4.78, 5) is 2.70. The number of nitrogens with one attached hydrogen (secondary N) is 1. The van der Waals surface area contributed by atoms with E-state index < -0.39 is 0 Å². The van der Waals surface area contributed by atoms with Crippen LogP contribution in [0.3, 0.4) is 0 Å². The molecule has 0 aromatic rings. The van der Waals surface area contributed by atoms with E-state index in [4.69, 9.17) is 4.74 Å². The first-order valence-corrected chi connectivity index (χ1v) is 7.36. The van der Waals surface area contributed by atoms with E-state index in [1.165, 1.54) is 51.9 Å². The van der Waals surface area contributed by atoms with Crippen molar-refractivity contribution in [2.45, 2.75) is 51.7 Å². The van der Waals surface area contributed by atoms with Crippen molar-refractivity contribution >= 4 is 0 Å². The Kier molecular flexibility index (Phi) is 5.26. The quantitative estimate of drug-likeness (QED) is 0.812. The van der Waals surface area contributed by atoms with Gasteiger partial charge in [-0.25, -0.2) is 0 Å². The summed E-state index contributed by atoms with van der Waals surface area (Å²) in [7, 11) is 0. The highest BCUT2D eigenvalue weighted by Gasteiger charge is 2.26. The topological polar surface area (TPSA) is 24.5 Å². The Morgan fingerprint density at radius 1 is 1.24 bits per heavy atom. The smallest absolute Gasteiger partial charge is 0.0561 e. The standard InChI is InChI=1S/C14H28N2O/c1-3-16(11-13-4-7-15-8-5-13)14-6-9-17-12(2)10-14/h12-15H,3-11H2,1-2H3. The van der Waals surface area contributed by atoms with Crippen LogP contribution in [-0.2, 0) is 4.74 Å². The van der Waals surface area contributed by atoms with E-state index in [9.17, 15) is 0 Å². The van der Waals surface area contributed by atoms with Gasteiger partial charge < -0.3 is 15.0 Å². The van der Waals surface area contributed by atoms with Crippen molar-refractivity contribution in [2.24, 2.45) is 5.92 Å². The third-order valence-corrected chi connectivity index (χ3v) is 4.33. The molecule has 0 aromatic heterocycles. The van der Waals surface area contributed by atoms with Gasteiger partial charge in [0.2, 0.25) is 0 Å². The maximum Gasteiger partial charge on any atom is 0.0561 e. The van der Waals surface area contributed by atoms with Crippen molar-refractivity contribution in [2.75, 3.05) is 32.8 Å². The predicted octanol–water partition coefficient (Wildman–Crippen LogP) is 1.88. The molecule has 3 nitrogen and oxygen atoms in total. The predicted molar refractivity (Wildman–Crippen MR) is 71.3 cm³/mol. The van der Waals surface area contributed by atoms with Crippen LogP contribution in [0.1, 0.15) is 39.5 Å². The summed E-state index contributed by atoms with van der Waals surface area (Å²) >= 11 is 0. The van der Waals surface area contributed by atoms with Crippen molar-refractivity contribution in [1.29, 1.82) is 0 Å². The Balaban J connectivity index is 1.82. The summed E-state index contributed by atoms with van der Waals surface area (Å²) in [5.74, 6) is 0.911. The fourth-order valence-corrected chi connectivity index (χ4v) is 3.24. The van der Waals surface area contributed by atoms with Gasteiger partial charge in [0, 0.05) is 19.2 Å². The van der Waals surface area contributed by atoms with Crippen LogP contribution >= 0.6 is 0 Å². The van der Waals surface area contributed by atoms with Crippen molar-refractivity contribution in [3.63, 3.8) is 0 Å². The highest BCUT2D eigenvalue weighted by molar-refractivity contribution is 4.80. The molecule has 2 aliphatic rings. The van der Waals surface area contributed by atoms with Crippen LogP contribution in [0.15, 0.2) is 0 Å². The second-order valence-electron chi connectivity index (χ2n) is 5.64. The first kappa shape index (κ1) is 13.3. The Morgan fingerprint density at radius 3 is 2.65 bits per heavy atom. The molecule has 2 heterocycles. The lowest BCUT2D eigenvalue weighted by molar-refractivity contribution is -0.0203. The third kappa shape index (κ3) is 3.94. The number of nitrogens with zero attached hydrogens (tertiary/aromatic N) is 1. The van der Waals surface area contributed by atoms with E-state index in [2.05, 4.69) is 24.1 Å². The van der Waals surface area contributed by atoms with Crippen molar-refractivity contribution in [1.82, 2.24) is 10.2 Å². The van der Waals surface area contributed by atoms with Gasteiger partial charge in [-0.05, 0) is 58.2 Å². The van der Waals surface area contributed by atoms with Gasteiger partial charge in [-0.3, -0.25) is 0 Å². The molecule has 0 bridgehead atoms. The Morgan fingerprint density at radius 2 is 2.00 bits per heavy atom. The van der Waals surface area contributed by atoms with Crippen molar-refractivity contribution < 1.29 is 4.74 Å². The molecule has 2 unspecified atom stereocenters. The molecule has 0 aromatic carbocycles. The number of hydrogen-bond acceptors (Lipinski definition) is 3. The third-order valence-electron chi connectivity index (χ3n) is 4.33. The minimum absolute atomic E-state index is 0.454. The summed E-state index contributed by atoms with van der Waals surface area (Å²) in [6.07, 6.45) is 5.61. The highest BCUT2D eigenvalue weighted by atomic mass is 16.5. The van der Waals surface area contributed by atoms with E-state index in [1.807, 2.05) is 0 Å². The molecule has 0 amide bonds. The van der Waals surface area contributed by atoms with Crippen LogP contribution in [0.5, 0.6) is 0 Å². The molecule has 3 heteroatoms. The van der Waals surface area contributed by atoms with Gasteiger partial charge in [0.25, 0.3) is 0 Å². The Labute approximate surface area is 106 Å². The maximum absolute atomic E-state index is 5.66. The van der Waals surface area contributed by atoms with Gasteiger partial charge in [0.15, 0.2) is 0 Å². The SMILES string of the molecule is CCN(CC1CCNCC1)C1CCOC(C)C1. The zero-order valence-corrected chi connectivity index (χ0v) is 11.5. The molecule has 2 atom stereocenters. The molecule has 17 heavy (non-hydrogen) atoms. The minimum Gasteiger partial charge on any atom is -0.378 e. The van der Waals surface area contributed by atoms with Crippen LogP contribution in [0.2, 0.25) is 0 Å². The summed E-state index contributed by atoms with van der Waals surface area (Å²) in [6, 6.07) is 0.763. The Bertz CT molecular complexity index is 216. The molecule has 2 aliphatic heterocycles. The summed E-state index contributed by atoms with van der Waals surface area (Å²) in [5.41, 5.74) is 0. The van der Waals surface area contributed by atoms with Gasteiger partial charge in [0.05, 0.1) is 6.10 Å². The number of hydrogen-bond donors (Lipinski definition) is 1. The number of piperidine rings is 1. The zero-order chi connectivity index (χ0) is 12.1. The molecule has 1 N–H and O–H groups in total. The zero-order valence-electron chi connectivity index (χ0n) is 11.5. The van der Waals surface area contributed by atoms with Crippen molar-refractivity contribution in [3.8, 4) is 0 Å². The van der Waals surface area contributed by atoms with Gasteiger partial charge in [0.1, 0.15) is 0 Å². The fourth-order valence-electron chi connectivity index (χ4n) is 3.24. The second-order valence-corrected chi connectivity index (χ2v) is 5.64. The van der Waals surface area contributed by atoms with Gasteiger partial charge >= 0.3 is 0 Å². The van der Waals surface area contributed by atoms with Gasteiger partial charge in [-0.2, -0.15) is 0 Å². The summed E-state index contributed by atoms with van der Waals surface area (Å²) in [6.45, 7) is 10.4. The Hall–Kier alpha value is -0.120. The molecule has 0 aliphatic carbocycles. The monoisotopic (exact) mass is 240 g/mol. The van der Waals surface area contributed by atoms with E-state index >= 15 is 0 Å². The van der Waals surface area contributed by atoms with E-state index in [1.54, 1.807) is 0 Å². The lowest BCUT2D eigenvalue weighted by Crippen LogP contribution is -2.45. The van der Waals surface area contributed by atoms with Crippen LogP contribution in [-0.4, -0.2) is 49.8 Å². The highest BCUT2D eigenvalue weighted by Crippen LogP contribution is 2.22. The largest absolute Gasteiger partial charge is 0.378 e. The maximum atomic E-state index is 5.66. The minimum atomic E-state index is 0.454. The van der Waals surface area contributed by atoms with Crippen LogP contribution in [0, 0.1) is 5.92 Å². The van der Waals surface area contributed by atoms with Crippen LogP contribution < -0.4 is 5.32 Å². The first-order valence-electron chi connectivity index (χ1n) is 7.36. The molecular formula is C14H28N2O. The number of ether oxygens (including phenoxy) is 1. The molecule has 2 saturated heterocycles. The lowest BCUT2D eigenvalue weighted by atomic mass is 9.95. The molecule has 0 saturated carbocycles. The average molecular weight is 240 g/mol. The molecule has 0 spiro atoms. The number of rotatable bonds is 4. The van der Waals surface area contributed by atoms with E-state index in [-0.39, 0.29) is 0 Å². The summed E-state index contributed by atoms with van der Waals surface area (Å²) in [5, 5.41) is 3.45. The van der Waals surface area contributed by atoms with E-state index in [0.717, 1.165) is 18.6 Å².